The lowest BCUT2D eigenvalue weighted by molar-refractivity contribution is 0.101. The van der Waals surface area contributed by atoms with Gasteiger partial charge in [-0.05, 0) is 51.0 Å². The van der Waals surface area contributed by atoms with Gasteiger partial charge < -0.3 is 9.88 Å². The van der Waals surface area contributed by atoms with Crippen LogP contribution in [0.2, 0.25) is 0 Å². The van der Waals surface area contributed by atoms with Gasteiger partial charge >= 0.3 is 0 Å². The minimum Gasteiger partial charge on any atom is -0.317 e. The van der Waals surface area contributed by atoms with Crippen LogP contribution in [-0.4, -0.2) is 40.3 Å². The highest BCUT2D eigenvalue weighted by atomic mass is 19.1. The standard InChI is InChI=1S/C21H21FN8O/c1-12-10-13(2)30-21(23-12)25-18(28-30)20(31)24-16-11-14(7-8-15(16)22)19-27-26-17-6-4-3-5-9-29(17)19/h7-8,10-11H,3-6,9H2,1-2H3,(H,24,31). The number of nitrogens with zero attached hydrogens (tertiary/aromatic N) is 7. The van der Waals surface area contributed by atoms with Crippen LogP contribution in [0.1, 0.15) is 47.1 Å². The smallest absolute Gasteiger partial charge is 0.295 e. The van der Waals surface area contributed by atoms with E-state index in [9.17, 15) is 9.18 Å². The van der Waals surface area contributed by atoms with Crippen LogP contribution in [0, 0.1) is 19.7 Å². The van der Waals surface area contributed by atoms with Gasteiger partial charge in [-0.2, -0.15) is 4.98 Å². The van der Waals surface area contributed by atoms with E-state index in [0.29, 0.717) is 17.2 Å². The van der Waals surface area contributed by atoms with Gasteiger partial charge in [-0.1, -0.05) is 6.42 Å². The highest BCUT2D eigenvalue weighted by Gasteiger charge is 2.20. The summed E-state index contributed by atoms with van der Waals surface area (Å²) in [5.41, 5.74) is 2.30. The van der Waals surface area contributed by atoms with Crippen LogP contribution in [0.4, 0.5) is 10.1 Å². The quantitative estimate of drug-likeness (QED) is 0.546. The van der Waals surface area contributed by atoms with Crippen molar-refractivity contribution in [2.45, 2.75) is 46.1 Å². The Morgan fingerprint density at radius 2 is 1.97 bits per heavy atom. The van der Waals surface area contributed by atoms with Crippen LogP contribution in [0.5, 0.6) is 0 Å². The van der Waals surface area contributed by atoms with Crippen molar-refractivity contribution < 1.29 is 9.18 Å². The van der Waals surface area contributed by atoms with Crippen molar-refractivity contribution in [3.05, 3.63) is 53.1 Å². The number of amides is 1. The molecule has 3 aromatic heterocycles. The topological polar surface area (TPSA) is 103 Å². The molecule has 158 valence electrons. The minimum absolute atomic E-state index is 0.0354. The van der Waals surface area contributed by atoms with Crippen LogP contribution in [0.15, 0.2) is 24.3 Å². The molecule has 0 fully saturated rings. The molecule has 1 aliphatic rings. The maximum Gasteiger partial charge on any atom is 0.295 e. The van der Waals surface area contributed by atoms with Crippen molar-refractivity contribution in [1.82, 2.24) is 34.3 Å². The molecular formula is C21H21FN8O. The Morgan fingerprint density at radius 3 is 2.84 bits per heavy atom. The van der Waals surface area contributed by atoms with E-state index < -0.39 is 11.7 Å². The van der Waals surface area contributed by atoms with Gasteiger partial charge in [0.15, 0.2) is 5.82 Å². The van der Waals surface area contributed by atoms with E-state index >= 15 is 0 Å². The predicted octanol–water partition coefficient (Wildman–Crippen LogP) is 3.12. The molecule has 0 bridgehead atoms. The predicted molar refractivity (Wildman–Crippen MR) is 111 cm³/mol. The molecule has 1 N–H and O–H groups in total. The molecule has 0 unspecified atom stereocenters. The Balaban J connectivity index is 1.46. The Morgan fingerprint density at radius 1 is 1.10 bits per heavy atom. The first-order valence-corrected chi connectivity index (χ1v) is 10.2. The molecule has 9 nitrogen and oxygen atoms in total. The average molecular weight is 420 g/mol. The van der Waals surface area contributed by atoms with Crippen molar-refractivity contribution in [3.63, 3.8) is 0 Å². The Labute approximate surface area is 177 Å². The zero-order valence-corrected chi connectivity index (χ0v) is 17.3. The highest BCUT2D eigenvalue weighted by molar-refractivity contribution is 6.02. The van der Waals surface area contributed by atoms with Gasteiger partial charge in [0.2, 0.25) is 5.82 Å². The number of rotatable bonds is 3. The largest absolute Gasteiger partial charge is 0.317 e. The third-order valence-electron chi connectivity index (χ3n) is 5.40. The summed E-state index contributed by atoms with van der Waals surface area (Å²) >= 11 is 0. The molecule has 0 saturated heterocycles. The van der Waals surface area contributed by atoms with E-state index in [0.717, 1.165) is 49.4 Å². The second-order valence-electron chi connectivity index (χ2n) is 7.74. The summed E-state index contributed by atoms with van der Waals surface area (Å²) in [6.45, 7) is 4.52. The fourth-order valence-electron chi connectivity index (χ4n) is 3.90. The summed E-state index contributed by atoms with van der Waals surface area (Å²) < 4.78 is 18.1. The first-order chi connectivity index (χ1) is 15.0. The van der Waals surface area contributed by atoms with Crippen molar-refractivity contribution in [1.29, 1.82) is 0 Å². The van der Waals surface area contributed by atoms with Crippen molar-refractivity contribution in [2.75, 3.05) is 5.32 Å². The summed E-state index contributed by atoms with van der Waals surface area (Å²) in [7, 11) is 0. The number of carbonyl (C=O) groups excluding carboxylic acids is 1. The highest BCUT2D eigenvalue weighted by Crippen LogP contribution is 2.26. The molecule has 1 aromatic carbocycles. The van der Waals surface area contributed by atoms with Crippen molar-refractivity contribution >= 4 is 17.4 Å². The summed E-state index contributed by atoms with van der Waals surface area (Å²) in [6.07, 6.45) is 4.16. The lowest BCUT2D eigenvalue weighted by Gasteiger charge is -2.09. The number of benzene rings is 1. The molecule has 1 aliphatic heterocycles. The lowest BCUT2D eigenvalue weighted by Crippen LogP contribution is -2.15. The van der Waals surface area contributed by atoms with Crippen LogP contribution >= 0.6 is 0 Å². The number of hydrogen-bond donors (Lipinski definition) is 1. The van der Waals surface area contributed by atoms with Crippen LogP contribution in [0.3, 0.4) is 0 Å². The van der Waals surface area contributed by atoms with E-state index in [4.69, 9.17) is 0 Å². The Kier molecular flexibility index (Phi) is 4.68. The number of nitrogens with one attached hydrogen (secondary N) is 1. The summed E-state index contributed by atoms with van der Waals surface area (Å²) in [5.74, 6) is 0.689. The molecular weight excluding hydrogens is 399 g/mol. The maximum atomic E-state index is 14.5. The number of hydrogen-bond acceptors (Lipinski definition) is 6. The second kappa shape index (κ2) is 7.53. The second-order valence-corrected chi connectivity index (χ2v) is 7.74. The molecule has 5 rings (SSSR count). The van der Waals surface area contributed by atoms with Gasteiger partial charge in [0.25, 0.3) is 11.7 Å². The number of anilines is 1. The van der Waals surface area contributed by atoms with Crippen LogP contribution in [0.25, 0.3) is 17.2 Å². The summed E-state index contributed by atoms with van der Waals surface area (Å²) in [5, 5.41) is 15.4. The van der Waals surface area contributed by atoms with Crippen LogP contribution in [-0.2, 0) is 13.0 Å². The summed E-state index contributed by atoms with van der Waals surface area (Å²) in [6, 6.07) is 6.37. The molecule has 4 aromatic rings. The van der Waals surface area contributed by atoms with E-state index in [1.165, 1.54) is 10.6 Å². The Bertz CT molecular complexity index is 1310. The molecule has 10 heteroatoms. The molecule has 31 heavy (non-hydrogen) atoms. The van der Waals surface area contributed by atoms with E-state index in [1.54, 1.807) is 12.1 Å². The SMILES string of the molecule is Cc1cc(C)n2nc(C(=O)Nc3cc(-c4nnc5n4CCCCC5)ccc3F)nc2n1. The molecule has 1 amide bonds. The van der Waals surface area contributed by atoms with Crippen LogP contribution < -0.4 is 5.32 Å². The molecule has 0 spiro atoms. The number of aromatic nitrogens is 7. The summed E-state index contributed by atoms with van der Waals surface area (Å²) in [4.78, 5) is 21.2. The Hall–Kier alpha value is -3.69. The molecule has 0 aliphatic carbocycles. The third-order valence-corrected chi connectivity index (χ3v) is 5.40. The molecule has 0 saturated carbocycles. The first-order valence-electron chi connectivity index (χ1n) is 10.2. The van der Waals surface area contributed by atoms with Gasteiger partial charge in [0, 0.05) is 29.9 Å². The fourth-order valence-corrected chi connectivity index (χ4v) is 3.90. The van der Waals surface area contributed by atoms with E-state index in [-0.39, 0.29) is 11.5 Å². The van der Waals surface area contributed by atoms with Gasteiger partial charge in [-0.25, -0.2) is 13.9 Å². The first kappa shape index (κ1) is 19.3. The molecule has 0 radical (unpaired) electrons. The molecule has 4 heterocycles. The lowest BCUT2D eigenvalue weighted by atomic mass is 10.1. The number of aryl methyl sites for hydroxylation is 3. The van der Waals surface area contributed by atoms with Gasteiger partial charge in [-0.15, -0.1) is 15.3 Å². The van der Waals surface area contributed by atoms with Gasteiger partial charge in [-0.3, -0.25) is 4.79 Å². The monoisotopic (exact) mass is 420 g/mol. The minimum atomic E-state index is -0.612. The fraction of sp³-hybridized carbons (Fsp3) is 0.333. The van der Waals surface area contributed by atoms with Gasteiger partial charge in [0.05, 0.1) is 5.69 Å². The average Bonchev–Trinajstić information content (AvgIpc) is 3.27. The van der Waals surface area contributed by atoms with Crippen molar-refractivity contribution in [3.8, 4) is 11.4 Å². The van der Waals surface area contributed by atoms with Gasteiger partial charge in [0.1, 0.15) is 11.6 Å². The maximum absolute atomic E-state index is 14.5. The zero-order chi connectivity index (χ0) is 21.5. The number of halogens is 1. The van der Waals surface area contributed by atoms with E-state index in [1.807, 2.05) is 19.9 Å². The number of fused-ring (bicyclic) bond motifs is 2. The molecule has 0 atom stereocenters. The normalized spacial score (nSPS) is 13.8. The van der Waals surface area contributed by atoms with E-state index in [2.05, 4.69) is 35.1 Å². The number of carbonyl (C=O) groups is 1. The third kappa shape index (κ3) is 3.54. The zero-order valence-electron chi connectivity index (χ0n) is 17.3. The van der Waals surface area contributed by atoms with Crippen molar-refractivity contribution in [2.24, 2.45) is 0 Å².